The molecule has 0 aliphatic carbocycles. The number of halogens is 5. The van der Waals surface area contributed by atoms with Crippen LogP contribution in [0, 0.1) is 5.82 Å². The van der Waals surface area contributed by atoms with Crippen molar-refractivity contribution in [2.75, 3.05) is 0 Å². The first-order valence-corrected chi connectivity index (χ1v) is 9.53. The van der Waals surface area contributed by atoms with Crippen molar-refractivity contribution in [3.8, 4) is 28.4 Å². The van der Waals surface area contributed by atoms with Crippen LogP contribution in [0.4, 0.5) is 22.0 Å². The van der Waals surface area contributed by atoms with Gasteiger partial charge < -0.3 is 14.2 Å². The van der Waals surface area contributed by atoms with Gasteiger partial charge >= 0.3 is 12.4 Å². The maximum Gasteiger partial charge on any atom is 0.586 e. The number of rotatable bonds is 6. The molecule has 0 amide bonds. The van der Waals surface area contributed by atoms with Crippen LogP contribution >= 0.6 is 0 Å². The van der Waals surface area contributed by atoms with Crippen molar-refractivity contribution in [2.45, 2.75) is 32.2 Å². The van der Waals surface area contributed by atoms with Crippen LogP contribution < -0.4 is 14.2 Å². The van der Waals surface area contributed by atoms with Crippen molar-refractivity contribution < 1.29 is 36.2 Å². The molecule has 0 radical (unpaired) electrons. The minimum absolute atomic E-state index is 0.318. The zero-order chi connectivity index (χ0) is 22.2. The van der Waals surface area contributed by atoms with Gasteiger partial charge in [0.25, 0.3) is 0 Å². The number of hydrogen-bond donors (Lipinski definition) is 0. The summed E-state index contributed by atoms with van der Waals surface area (Å²) in [6.45, 7) is 2.06. The Bertz CT molecular complexity index is 1100. The fourth-order valence-electron chi connectivity index (χ4n) is 3.28. The molecule has 0 unspecified atom stereocenters. The van der Waals surface area contributed by atoms with E-state index < -0.39 is 35.3 Å². The molecule has 0 N–H and O–H groups in total. The summed E-state index contributed by atoms with van der Waals surface area (Å²) in [5.74, 6) is -2.42. The first-order valence-electron chi connectivity index (χ1n) is 9.53. The van der Waals surface area contributed by atoms with E-state index in [1.54, 1.807) is 12.1 Å². The summed E-state index contributed by atoms with van der Waals surface area (Å²) >= 11 is 0. The molecular weight excluding hydrogens is 419 g/mol. The van der Waals surface area contributed by atoms with Gasteiger partial charge in [0.2, 0.25) is 0 Å². The van der Waals surface area contributed by atoms with Gasteiger partial charge in [-0.3, -0.25) is 0 Å². The highest BCUT2D eigenvalue weighted by Gasteiger charge is 2.44. The molecule has 0 atom stereocenters. The second-order valence-corrected chi connectivity index (χ2v) is 7.04. The van der Waals surface area contributed by atoms with Crippen LogP contribution in [0.15, 0.2) is 60.7 Å². The summed E-state index contributed by atoms with van der Waals surface area (Å²) in [6, 6.07) is 13.6. The van der Waals surface area contributed by atoms with Gasteiger partial charge in [-0.15, -0.1) is 8.78 Å². The molecule has 3 aromatic carbocycles. The lowest BCUT2D eigenvalue weighted by atomic mass is 10.0. The Morgan fingerprint density at radius 2 is 1.55 bits per heavy atom. The molecule has 1 aliphatic rings. The maximum absolute atomic E-state index is 14.6. The van der Waals surface area contributed by atoms with Crippen LogP contribution in [0.1, 0.15) is 24.5 Å². The third-order valence-electron chi connectivity index (χ3n) is 4.73. The second kappa shape index (κ2) is 7.76. The van der Waals surface area contributed by atoms with Crippen molar-refractivity contribution >= 4 is 0 Å². The topological polar surface area (TPSA) is 27.7 Å². The van der Waals surface area contributed by atoms with E-state index >= 15 is 0 Å². The average molecular weight is 436 g/mol. The molecule has 0 fully saturated rings. The monoisotopic (exact) mass is 436 g/mol. The number of alkyl halides is 4. The van der Waals surface area contributed by atoms with Crippen molar-refractivity contribution in [3.05, 3.63) is 77.6 Å². The fourth-order valence-corrected chi connectivity index (χ4v) is 3.28. The molecule has 0 saturated carbocycles. The van der Waals surface area contributed by atoms with Gasteiger partial charge in [-0.1, -0.05) is 43.7 Å². The highest BCUT2D eigenvalue weighted by atomic mass is 19.3. The van der Waals surface area contributed by atoms with E-state index in [2.05, 4.69) is 21.1 Å². The predicted molar refractivity (Wildman–Crippen MR) is 103 cm³/mol. The SMILES string of the molecule is CCCc1ccc(-c2ccc(C(F)(F)Oc3ccc4c(c3)OC(F)(F)O4)c(F)c2)cc1. The number of aryl methyl sites for hydroxylation is 1. The summed E-state index contributed by atoms with van der Waals surface area (Å²) in [5.41, 5.74) is 1.27. The third-order valence-corrected chi connectivity index (χ3v) is 4.73. The number of fused-ring (bicyclic) bond motifs is 1. The molecule has 8 heteroatoms. The molecule has 3 aromatic rings. The van der Waals surface area contributed by atoms with E-state index in [0.717, 1.165) is 48.7 Å². The Kier molecular flexibility index (Phi) is 5.24. The zero-order valence-electron chi connectivity index (χ0n) is 16.3. The third kappa shape index (κ3) is 4.42. The Hall–Kier alpha value is -3.29. The average Bonchev–Trinajstić information content (AvgIpc) is 3.01. The molecule has 0 saturated heterocycles. The van der Waals surface area contributed by atoms with Crippen molar-refractivity contribution in [1.29, 1.82) is 0 Å². The first kappa shape index (κ1) is 21.0. The molecule has 4 rings (SSSR count). The molecule has 1 heterocycles. The predicted octanol–water partition coefficient (Wildman–Crippen LogP) is 6.90. The molecule has 31 heavy (non-hydrogen) atoms. The van der Waals surface area contributed by atoms with Crippen LogP contribution in [0.2, 0.25) is 0 Å². The lowest BCUT2D eigenvalue weighted by molar-refractivity contribution is -0.286. The van der Waals surface area contributed by atoms with Gasteiger partial charge in [0.1, 0.15) is 11.6 Å². The minimum Gasteiger partial charge on any atom is -0.429 e. The lowest BCUT2D eigenvalue weighted by Gasteiger charge is -2.19. The van der Waals surface area contributed by atoms with Crippen LogP contribution in [-0.2, 0) is 12.5 Å². The van der Waals surface area contributed by atoms with Crippen molar-refractivity contribution in [2.24, 2.45) is 0 Å². The number of benzene rings is 3. The van der Waals surface area contributed by atoms with Crippen molar-refractivity contribution in [1.82, 2.24) is 0 Å². The van der Waals surface area contributed by atoms with E-state index in [0.29, 0.717) is 11.1 Å². The largest absolute Gasteiger partial charge is 0.586 e. The molecular formula is C23H17F5O3. The minimum atomic E-state index is -4.05. The molecule has 162 valence electrons. The zero-order valence-corrected chi connectivity index (χ0v) is 16.3. The van der Waals surface area contributed by atoms with Crippen LogP contribution in [-0.4, -0.2) is 6.29 Å². The van der Waals surface area contributed by atoms with E-state index in [-0.39, 0.29) is 5.75 Å². The van der Waals surface area contributed by atoms with Gasteiger partial charge in [0.05, 0.1) is 5.56 Å². The summed E-state index contributed by atoms with van der Waals surface area (Å²) in [7, 11) is 0. The Balaban J connectivity index is 1.55. The molecule has 0 spiro atoms. The highest BCUT2D eigenvalue weighted by molar-refractivity contribution is 5.64. The molecule has 1 aliphatic heterocycles. The second-order valence-electron chi connectivity index (χ2n) is 7.04. The highest BCUT2D eigenvalue weighted by Crippen LogP contribution is 2.44. The van der Waals surface area contributed by atoms with E-state index in [4.69, 9.17) is 0 Å². The van der Waals surface area contributed by atoms with Gasteiger partial charge in [0.15, 0.2) is 11.5 Å². The van der Waals surface area contributed by atoms with Crippen LogP contribution in [0.3, 0.4) is 0 Å². The summed E-state index contributed by atoms with van der Waals surface area (Å²) in [4.78, 5) is 0. The standard InChI is InChI=1S/C23H17F5O3/c1-2-3-14-4-6-15(7-5-14)16-8-10-18(19(24)12-16)22(25,26)29-17-9-11-20-21(13-17)31-23(27,28)30-20/h4-13H,2-3H2,1H3. The van der Waals surface area contributed by atoms with Crippen LogP contribution in [0.5, 0.6) is 17.2 Å². The van der Waals surface area contributed by atoms with E-state index in [1.807, 2.05) is 12.1 Å². The summed E-state index contributed by atoms with van der Waals surface area (Å²) in [5, 5.41) is 0. The van der Waals surface area contributed by atoms with Crippen molar-refractivity contribution in [3.63, 3.8) is 0 Å². The number of hydrogen-bond acceptors (Lipinski definition) is 3. The van der Waals surface area contributed by atoms with Gasteiger partial charge in [-0.2, -0.15) is 8.78 Å². The van der Waals surface area contributed by atoms with Gasteiger partial charge in [-0.25, -0.2) is 4.39 Å². The van der Waals surface area contributed by atoms with Gasteiger partial charge in [0, 0.05) is 6.07 Å². The summed E-state index contributed by atoms with van der Waals surface area (Å²) in [6.07, 6.45) is -6.04. The smallest absolute Gasteiger partial charge is 0.429 e. The Morgan fingerprint density at radius 3 is 2.23 bits per heavy atom. The normalized spacial score (nSPS) is 14.5. The summed E-state index contributed by atoms with van der Waals surface area (Å²) < 4.78 is 82.9. The lowest BCUT2D eigenvalue weighted by Crippen LogP contribution is -2.26. The molecule has 0 aromatic heterocycles. The van der Waals surface area contributed by atoms with Gasteiger partial charge in [-0.05, 0) is 47.4 Å². The van der Waals surface area contributed by atoms with E-state index in [9.17, 15) is 22.0 Å². The number of ether oxygens (including phenoxy) is 3. The molecule has 3 nitrogen and oxygen atoms in total. The Morgan fingerprint density at radius 1 is 0.871 bits per heavy atom. The maximum atomic E-state index is 14.6. The Labute approximate surface area is 175 Å². The first-order chi connectivity index (χ1) is 14.7. The quantitative estimate of drug-likeness (QED) is 0.394. The molecule has 0 bridgehead atoms. The fraction of sp³-hybridized carbons (Fsp3) is 0.217. The van der Waals surface area contributed by atoms with Crippen LogP contribution in [0.25, 0.3) is 11.1 Å². The van der Waals surface area contributed by atoms with E-state index in [1.165, 1.54) is 6.07 Å².